The number of rotatable bonds is 3. The van der Waals surface area contributed by atoms with Crippen LogP contribution in [0.1, 0.15) is 19.4 Å². The van der Waals surface area contributed by atoms with Crippen LogP contribution in [0.5, 0.6) is 0 Å². The van der Waals surface area contributed by atoms with E-state index in [1.54, 1.807) is 11.8 Å². The molecule has 94 valence electrons. The van der Waals surface area contributed by atoms with Gasteiger partial charge in [0.15, 0.2) is 5.84 Å². The second-order valence-corrected chi connectivity index (χ2v) is 5.77. The SMILES string of the molecule is CC(C)Sc1cc(C(N)=NO)c2ccccc2n1. The molecular weight excluding hydrogens is 246 g/mol. The molecule has 1 aromatic carbocycles. The summed E-state index contributed by atoms with van der Waals surface area (Å²) in [5.74, 6) is 0.110. The van der Waals surface area contributed by atoms with Gasteiger partial charge in [0.25, 0.3) is 0 Å². The van der Waals surface area contributed by atoms with E-state index in [0.29, 0.717) is 10.8 Å². The molecule has 1 aromatic heterocycles. The molecule has 18 heavy (non-hydrogen) atoms. The lowest BCUT2D eigenvalue weighted by molar-refractivity contribution is 0.318. The second kappa shape index (κ2) is 5.27. The van der Waals surface area contributed by atoms with Gasteiger partial charge in [-0.2, -0.15) is 0 Å². The van der Waals surface area contributed by atoms with E-state index in [1.807, 2.05) is 30.3 Å². The van der Waals surface area contributed by atoms with Gasteiger partial charge in [-0.3, -0.25) is 0 Å². The molecule has 0 aliphatic carbocycles. The highest BCUT2D eigenvalue weighted by atomic mass is 32.2. The first kappa shape index (κ1) is 12.7. The molecule has 0 aliphatic heterocycles. The van der Waals surface area contributed by atoms with E-state index in [4.69, 9.17) is 10.9 Å². The number of para-hydroxylation sites is 1. The Kier molecular flexibility index (Phi) is 3.72. The third-order valence-electron chi connectivity index (χ3n) is 2.43. The Morgan fingerprint density at radius 2 is 2.11 bits per heavy atom. The zero-order chi connectivity index (χ0) is 13.1. The van der Waals surface area contributed by atoms with Gasteiger partial charge >= 0.3 is 0 Å². The zero-order valence-electron chi connectivity index (χ0n) is 10.3. The predicted molar refractivity (Wildman–Crippen MR) is 75.2 cm³/mol. The Labute approximate surface area is 110 Å². The highest BCUT2D eigenvalue weighted by molar-refractivity contribution is 7.99. The number of hydrogen-bond acceptors (Lipinski definition) is 4. The van der Waals surface area contributed by atoms with Crippen LogP contribution in [0.25, 0.3) is 10.9 Å². The molecule has 0 unspecified atom stereocenters. The van der Waals surface area contributed by atoms with Crippen LogP contribution >= 0.6 is 11.8 Å². The molecule has 4 nitrogen and oxygen atoms in total. The normalized spacial score (nSPS) is 12.3. The molecule has 0 atom stereocenters. The summed E-state index contributed by atoms with van der Waals surface area (Å²) in [5, 5.41) is 14.1. The first-order chi connectivity index (χ1) is 8.61. The fraction of sp³-hybridized carbons (Fsp3) is 0.231. The highest BCUT2D eigenvalue weighted by Gasteiger charge is 2.10. The summed E-state index contributed by atoms with van der Waals surface area (Å²) in [4.78, 5) is 4.56. The molecule has 3 N–H and O–H groups in total. The van der Waals surface area contributed by atoms with Gasteiger partial charge in [0.2, 0.25) is 0 Å². The topological polar surface area (TPSA) is 71.5 Å². The molecule has 2 aromatic rings. The Bertz CT molecular complexity index is 596. The third-order valence-corrected chi connectivity index (χ3v) is 3.35. The number of hydrogen-bond donors (Lipinski definition) is 2. The number of oxime groups is 1. The summed E-state index contributed by atoms with van der Waals surface area (Å²) >= 11 is 1.65. The number of nitrogens with two attached hydrogens (primary N) is 1. The lowest BCUT2D eigenvalue weighted by Crippen LogP contribution is -2.14. The van der Waals surface area contributed by atoms with Crippen molar-refractivity contribution in [2.45, 2.75) is 24.1 Å². The molecule has 0 radical (unpaired) electrons. The Morgan fingerprint density at radius 3 is 2.78 bits per heavy atom. The Hall–Kier alpha value is -1.75. The van der Waals surface area contributed by atoms with Gasteiger partial charge in [0, 0.05) is 16.2 Å². The first-order valence-electron chi connectivity index (χ1n) is 5.66. The third kappa shape index (κ3) is 2.56. The van der Waals surface area contributed by atoms with Crippen molar-refractivity contribution in [2.24, 2.45) is 10.9 Å². The summed E-state index contributed by atoms with van der Waals surface area (Å²) < 4.78 is 0. The fourth-order valence-corrected chi connectivity index (χ4v) is 2.54. The first-order valence-corrected chi connectivity index (χ1v) is 6.54. The van der Waals surface area contributed by atoms with Crippen LogP contribution in [0.3, 0.4) is 0 Å². The van der Waals surface area contributed by atoms with Crippen LogP contribution in [-0.4, -0.2) is 21.3 Å². The van der Waals surface area contributed by atoms with Crippen molar-refractivity contribution < 1.29 is 5.21 Å². The smallest absolute Gasteiger partial charge is 0.170 e. The second-order valence-electron chi connectivity index (χ2n) is 4.18. The molecule has 0 aliphatic rings. The van der Waals surface area contributed by atoms with Crippen LogP contribution < -0.4 is 5.73 Å². The van der Waals surface area contributed by atoms with Crippen LogP contribution in [0.2, 0.25) is 0 Å². The van der Waals surface area contributed by atoms with Crippen LogP contribution in [0.4, 0.5) is 0 Å². The predicted octanol–water partition coefficient (Wildman–Crippen LogP) is 2.83. The molecule has 0 spiro atoms. The summed E-state index contributed by atoms with van der Waals surface area (Å²) in [6.45, 7) is 4.20. The molecule has 0 amide bonds. The van der Waals surface area contributed by atoms with Crippen molar-refractivity contribution in [1.29, 1.82) is 0 Å². The summed E-state index contributed by atoms with van der Waals surface area (Å²) in [5.41, 5.74) is 7.29. The molecule has 0 saturated heterocycles. The van der Waals surface area contributed by atoms with Crippen molar-refractivity contribution >= 4 is 28.5 Å². The van der Waals surface area contributed by atoms with Crippen molar-refractivity contribution in [2.75, 3.05) is 0 Å². The molecule has 0 bridgehead atoms. The van der Waals surface area contributed by atoms with Gasteiger partial charge in [-0.25, -0.2) is 4.98 Å². The maximum absolute atomic E-state index is 8.86. The maximum Gasteiger partial charge on any atom is 0.170 e. The Balaban J connectivity index is 2.64. The van der Waals surface area contributed by atoms with E-state index in [1.165, 1.54) is 0 Å². The minimum atomic E-state index is 0.110. The van der Waals surface area contributed by atoms with Gasteiger partial charge in [-0.1, -0.05) is 37.2 Å². The van der Waals surface area contributed by atoms with E-state index in [9.17, 15) is 0 Å². The quantitative estimate of drug-likeness (QED) is 0.293. The minimum Gasteiger partial charge on any atom is -0.409 e. The van der Waals surface area contributed by atoms with Crippen molar-refractivity contribution in [3.05, 3.63) is 35.9 Å². The molecular formula is C13H15N3OS. The summed E-state index contributed by atoms with van der Waals surface area (Å²) in [7, 11) is 0. The van der Waals surface area contributed by atoms with Gasteiger partial charge in [-0.05, 0) is 12.1 Å². The van der Waals surface area contributed by atoms with Gasteiger partial charge in [-0.15, -0.1) is 11.8 Å². The Morgan fingerprint density at radius 1 is 1.39 bits per heavy atom. The molecule has 5 heteroatoms. The largest absolute Gasteiger partial charge is 0.409 e. The number of benzene rings is 1. The van der Waals surface area contributed by atoms with E-state index in [-0.39, 0.29) is 5.84 Å². The molecule has 1 heterocycles. The number of amidine groups is 1. The highest BCUT2D eigenvalue weighted by Crippen LogP contribution is 2.26. The summed E-state index contributed by atoms with van der Waals surface area (Å²) in [6.07, 6.45) is 0. The molecule has 0 fully saturated rings. The number of nitrogens with zero attached hydrogens (tertiary/aromatic N) is 2. The molecule has 2 rings (SSSR count). The average Bonchev–Trinajstić information content (AvgIpc) is 2.36. The standard InChI is InChI=1S/C13H15N3OS/c1-8(2)18-12-7-10(13(14)16-17)9-5-3-4-6-11(9)15-12/h3-8,17H,1-2H3,(H2,14,16). The van der Waals surface area contributed by atoms with Crippen LogP contribution in [0, 0.1) is 0 Å². The van der Waals surface area contributed by atoms with Crippen molar-refractivity contribution in [1.82, 2.24) is 4.98 Å². The van der Waals surface area contributed by atoms with Crippen molar-refractivity contribution in [3.8, 4) is 0 Å². The van der Waals surface area contributed by atoms with Crippen LogP contribution in [0.15, 0.2) is 40.5 Å². The summed E-state index contributed by atoms with van der Waals surface area (Å²) in [6, 6.07) is 9.54. The number of pyridine rings is 1. The lowest BCUT2D eigenvalue weighted by atomic mass is 10.1. The van der Waals surface area contributed by atoms with E-state index in [0.717, 1.165) is 15.9 Å². The maximum atomic E-state index is 8.86. The number of aromatic nitrogens is 1. The van der Waals surface area contributed by atoms with Gasteiger partial charge in [0.05, 0.1) is 10.5 Å². The van der Waals surface area contributed by atoms with Crippen molar-refractivity contribution in [3.63, 3.8) is 0 Å². The van der Waals surface area contributed by atoms with E-state index in [2.05, 4.69) is 24.0 Å². The van der Waals surface area contributed by atoms with Gasteiger partial charge in [0.1, 0.15) is 0 Å². The number of thioether (sulfide) groups is 1. The minimum absolute atomic E-state index is 0.110. The lowest BCUT2D eigenvalue weighted by Gasteiger charge is -2.09. The monoisotopic (exact) mass is 261 g/mol. The van der Waals surface area contributed by atoms with Gasteiger partial charge < -0.3 is 10.9 Å². The number of fused-ring (bicyclic) bond motifs is 1. The zero-order valence-corrected chi connectivity index (χ0v) is 11.1. The van der Waals surface area contributed by atoms with E-state index < -0.39 is 0 Å². The van der Waals surface area contributed by atoms with Crippen LogP contribution in [-0.2, 0) is 0 Å². The fourth-order valence-electron chi connectivity index (χ4n) is 1.72. The van der Waals surface area contributed by atoms with E-state index >= 15 is 0 Å². The molecule has 0 saturated carbocycles. The average molecular weight is 261 g/mol.